The maximum absolute atomic E-state index is 6.00. The lowest BCUT2D eigenvalue weighted by atomic mass is 10.1. The number of aromatic amines is 3. The Morgan fingerprint density at radius 1 is 0.287 bits per heavy atom. The number of anilines is 4. The van der Waals surface area contributed by atoms with Gasteiger partial charge in [-0.15, -0.1) is 0 Å². The molecule has 6 aromatic carbocycles. The summed E-state index contributed by atoms with van der Waals surface area (Å²) in [5.74, 6) is 2.27. The van der Waals surface area contributed by atoms with Gasteiger partial charge in [0, 0.05) is 72.1 Å². The molecule has 674 valence electrons. The maximum Gasteiger partial charge on any atom is 0.137 e. The molecule has 0 saturated carbocycles. The van der Waals surface area contributed by atoms with Crippen LogP contribution in [-0.4, -0.2) is 94.2 Å². The Kier molecular flexibility index (Phi) is 40.4. The van der Waals surface area contributed by atoms with Gasteiger partial charge in [0.2, 0.25) is 0 Å². The molecular formula is C106H135N23. The fourth-order valence-electron chi connectivity index (χ4n) is 16.3. The molecule has 23 nitrogen and oxygen atoms in total. The Labute approximate surface area is 762 Å². The van der Waals surface area contributed by atoms with Gasteiger partial charge in [-0.1, -0.05) is 244 Å². The van der Waals surface area contributed by atoms with Gasteiger partial charge < -0.3 is 32.9 Å². The lowest BCUT2D eigenvalue weighted by Crippen LogP contribution is -2.09. The summed E-state index contributed by atoms with van der Waals surface area (Å²) in [4.78, 5) is 34.3. The Balaban J connectivity index is 0.000000182. The van der Waals surface area contributed by atoms with Crippen molar-refractivity contribution in [3.05, 3.63) is 336 Å². The summed E-state index contributed by atoms with van der Waals surface area (Å²) in [7, 11) is 0. The minimum atomic E-state index is 0.309. The van der Waals surface area contributed by atoms with Crippen LogP contribution in [0.2, 0.25) is 0 Å². The van der Waals surface area contributed by atoms with Crippen molar-refractivity contribution >= 4 is 99.7 Å². The third kappa shape index (κ3) is 24.1. The van der Waals surface area contributed by atoms with Gasteiger partial charge in [-0.25, -0.2) is 34.9 Å². The second-order valence-electron chi connectivity index (χ2n) is 28.3. The third-order valence-electron chi connectivity index (χ3n) is 21.5. The summed E-state index contributed by atoms with van der Waals surface area (Å²) < 4.78 is 8.48. The van der Waals surface area contributed by atoms with E-state index in [9.17, 15) is 0 Å². The number of pyridine rings is 5. The molecule has 23 heteroatoms. The molecule has 0 aliphatic heterocycles. The van der Waals surface area contributed by atoms with Crippen LogP contribution in [0, 0.1) is 27.7 Å². The van der Waals surface area contributed by atoms with Crippen molar-refractivity contribution in [2.75, 3.05) is 22.9 Å². The molecule has 0 bridgehead atoms. The largest absolute Gasteiger partial charge is 0.383 e. The van der Waals surface area contributed by atoms with E-state index in [-0.39, 0.29) is 0 Å². The smallest absolute Gasteiger partial charge is 0.137 e. The molecule has 4 unspecified atom stereocenters. The van der Waals surface area contributed by atoms with Crippen LogP contribution in [0.3, 0.4) is 0 Å². The van der Waals surface area contributed by atoms with Crippen LogP contribution in [0.4, 0.5) is 23.3 Å². The zero-order valence-electron chi connectivity index (χ0n) is 79.3. The predicted molar refractivity (Wildman–Crippen MR) is 542 cm³/mol. The molecular weight excluding hydrogens is 1600 g/mol. The van der Waals surface area contributed by atoms with Gasteiger partial charge >= 0.3 is 0 Å². The van der Waals surface area contributed by atoms with Gasteiger partial charge in [0.1, 0.15) is 35.2 Å². The van der Waals surface area contributed by atoms with E-state index in [2.05, 4.69) is 189 Å². The molecule has 13 aromatic heterocycles. The molecule has 129 heavy (non-hydrogen) atoms. The standard InChI is InChI=1S/4C16H16N4.C8H7N.2C7H6N2.C4H4N2.8C2H6/c4*1-10-15-14(8-9-18-16(15)17)20(19-10)13-7-6-11-4-2-3-5-12(11)13;1-2-4-8-7(3-1)5-6-9-8;1-2-6-3-5-9-7(6)8-4-1;1-2-4-7-6(3-1)5-8-9-7;1-2-5-4-6-3-1;8*1-2/h4*2-5,8-9,13H,6-7H2,1H3,(H2,17,18);1-6,9H;2*1-5H,(H,8,9);1-4H;8*1-2H3. The number of fused-ring (bicyclic) bond motifs is 11. The van der Waals surface area contributed by atoms with Crippen molar-refractivity contribution in [1.29, 1.82) is 0 Å². The van der Waals surface area contributed by atoms with Gasteiger partial charge in [0.25, 0.3) is 0 Å². The van der Waals surface area contributed by atoms with Gasteiger partial charge in [-0.2, -0.15) is 25.5 Å². The first-order chi connectivity index (χ1) is 63.4. The minimum Gasteiger partial charge on any atom is -0.383 e. The van der Waals surface area contributed by atoms with E-state index in [1.54, 1.807) is 49.4 Å². The number of hydrogen-bond donors (Lipinski definition) is 7. The summed E-state index contributed by atoms with van der Waals surface area (Å²) in [5.41, 5.74) is 46.6. The fraction of sp³-hybridized carbons (Fsp3) is 0.302. The van der Waals surface area contributed by atoms with Crippen LogP contribution >= 0.6 is 0 Å². The van der Waals surface area contributed by atoms with Gasteiger partial charge in [-0.3, -0.25) is 23.8 Å². The van der Waals surface area contributed by atoms with Crippen LogP contribution in [0.25, 0.3) is 76.5 Å². The fourth-order valence-corrected chi connectivity index (χ4v) is 16.3. The number of hydrogen-bond acceptors (Lipinski definition) is 16. The number of aromatic nitrogens is 19. The minimum absolute atomic E-state index is 0.309. The molecule has 0 radical (unpaired) electrons. The summed E-state index contributed by atoms with van der Waals surface area (Å²) >= 11 is 0. The van der Waals surface area contributed by atoms with E-state index in [1.165, 1.54) is 61.7 Å². The van der Waals surface area contributed by atoms with Crippen LogP contribution < -0.4 is 22.9 Å². The zero-order chi connectivity index (χ0) is 93.3. The van der Waals surface area contributed by atoms with Crippen molar-refractivity contribution in [3.63, 3.8) is 0 Å². The quantitative estimate of drug-likeness (QED) is 0.0861. The Hall–Kier alpha value is -14.2. The number of para-hydroxylation sites is 2. The summed E-state index contributed by atoms with van der Waals surface area (Å²) in [5, 5.41) is 33.2. The first kappa shape index (κ1) is 100. The highest BCUT2D eigenvalue weighted by Crippen LogP contribution is 2.42. The predicted octanol–water partition coefficient (Wildman–Crippen LogP) is 25.4. The van der Waals surface area contributed by atoms with E-state index in [4.69, 9.17) is 43.3 Å². The van der Waals surface area contributed by atoms with E-state index >= 15 is 0 Å². The van der Waals surface area contributed by atoms with Crippen LogP contribution in [0.15, 0.2) is 268 Å². The molecule has 0 spiro atoms. The van der Waals surface area contributed by atoms with Gasteiger partial charge in [-0.05, 0) is 196 Å². The molecule has 4 aliphatic rings. The highest BCUT2D eigenvalue weighted by Gasteiger charge is 2.31. The van der Waals surface area contributed by atoms with Crippen molar-refractivity contribution in [2.24, 2.45) is 0 Å². The first-order valence-corrected chi connectivity index (χ1v) is 46.1. The van der Waals surface area contributed by atoms with Crippen molar-refractivity contribution < 1.29 is 0 Å². The van der Waals surface area contributed by atoms with Crippen LogP contribution in [-0.2, 0) is 25.7 Å². The molecule has 4 atom stereocenters. The van der Waals surface area contributed by atoms with E-state index in [0.29, 0.717) is 47.4 Å². The summed E-state index contributed by atoms with van der Waals surface area (Å²) in [6, 6.07) is 69.8. The lowest BCUT2D eigenvalue weighted by Gasteiger charge is -2.13. The molecule has 13 heterocycles. The molecule has 0 fully saturated rings. The SMILES string of the molecule is CC.CC.CC.CC.CC.CC.CC.CC.Cc1nn(C2CCc3ccccc32)c2ccnc(N)c12.Cc1nn(C2CCc3ccccc32)c2ccnc(N)c12.Cc1nn(C2CCc3ccccc32)c2ccnc(N)c12.Cc1nn(C2CCc3ccccc32)c2ccnc(N)c12.c1ccc2[nH]ccc2c1.c1ccc2[nH]ncc2c1.c1cnc2[nH]ccc2c1.c1cncnc1. The highest BCUT2D eigenvalue weighted by atomic mass is 15.3. The number of nitrogens with zero attached hydrogens (tertiary/aromatic N) is 16. The number of H-pyrrole nitrogens is 3. The Morgan fingerprint density at radius 3 is 0.907 bits per heavy atom. The molecule has 23 rings (SSSR count). The monoisotopic (exact) mass is 1730 g/mol. The second kappa shape index (κ2) is 52.0. The van der Waals surface area contributed by atoms with Crippen LogP contribution in [0.1, 0.15) is 228 Å². The number of nitrogens with two attached hydrogens (primary N) is 4. The number of rotatable bonds is 4. The second-order valence-corrected chi connectivity index (χ2v) is 28.3. The van der Waals surface area contributed by atoms with Crippen molar-refractivity contribution in [3.8, 4) is 0 Å². The maximum atomic E-state index is 6.00. The van der Waals surface area contributed by atoms with E-state index < -0.39 is 0 Å². The summed E-state index contributed by atoms with van der Waals surface area (Å²) in [6.07, 6.45) is 28.2. The first-order valence-electron chi connectivity index (χ1n) is 46.1. The van der Waals surface area contributed by atoms with Gasteiger partial charge in [0.05, 0.1) is 102 Å². The van der Waals surface area contributed by atoms with Crippen molar-refractivity contribution in [2.45, 2.75) is 214 Å². The Bertz CT molecular complexity index is 5660. The third-order valence-corrected chi connectivity index (χ3v) is 21.5. The van der Waals surface area contributed by atoms with E-state index in [0.717, 1.165) is 140 Å². The average molecular weight is 1730 g/mol. The number of nitrogen functional groups attached to an aromatic ring is 4. The lowest BCUT2D eigenvalue weighted by molar-refractivity contribution is 0.533. The number of aryl methyl sites for hydroxylation is 8. The normalized spacial score (nSPS) is 13.8. The van der Waals surface area contributed by atoms with Crippen molar-refractivity contribution in [1.82, 2.24) is 94.2 Å². The van der Waals surface area contributed by atoms with Gasteiger partial charge in [0.15, 0.2) is 0 Å². The Morgan fingerprint density at radius 2 is 0.589 bits per heavy atom. The molecule has 19 aromatic rings. The topological polar surface area (TPSA) is 326 Å². The highest BCUT2D eigenvalue weighted by molar-refractivity contribution is 5.94. The molecule has 11 N–H and O–H groups in total. The number of nitrogens with one attached hydrogen (secondary N) is 3. The zero-order valence-corrected chi connectivity index (χ0v) is 79.3. The molecule has 0 amide bonds. The van der Waals surface area contributed by atoms with E-state index in [1.807, 2.05) is 236 Å². The van der Waals surface area contributed by atoms with Crippen LogP contribution in [0.5, 0.6) is 0 Å². The molecule has 0 saturated heterocycles. The number of benzene rings is 6. The molecule has 4 aliphatic carbocycles. The summed E-state index contributed by atoms with van der Waals surface area (Å²) in [6.45, 7) is 40.0. The average Bonchev–Trinajstić information content (AvgIpc) is 1.63.